The first-order valence-corrected chi connectivity index (χ1v) is 6.86. The largest absolute Gasteiger partial charge is 0.237 e. The van der Waals surface area contributed by atoms with Crippen LogP contribution >= 0.6 is 23.4 Å². The van der Waals surface area contributed by atoms with E-state index in [1.54, 1.807) is 11.1 Å². The Balaban J connectivity index is 2.29. The number of nitroso groups, excluding NO2 is 1. The van der Waals surface area contributed by atoms with Crippen molar-refractivity contribution in [3.63, 3.8) is 0 Å². The van der Waals surface area contributed by atoms with Gasteiger partial charge in [0.15, 0.2) is 0 Å². The van der Waals surface area contributed by atoms with E-state index in [-0.39, 0.29) is 0 Å². The Kier molecular flexibility index (Phi) is 4.70. The lowest BCUT2D eigenvalue weighted by Gasteiger charge is -2.24. The minimum atomic E-state index is 0.471. The third-order valence-electron chi connectivity index (χ3n) is 2.41. The summed E-state index contributed by atoms with van der Waals surface area (Å²) in [6.07, 6.45) is 1.69. The lowest BCUT2D eigenvalue weighted by atomic mass is 10.1. The van der Waals surface area contributed by atoms with Crippen LogP contribution in [0.4, 0.5) is 0 Å². The average Bonchev–Trinajstić information content (AvgIpc) is 2.42. The van der Waals surface area contributed by atoms with E-state index in [4.69, 9.17) is 11.6 Å². The Morgan fingerprint density at radius 1 is 1.47 bits per heavy atom. The van der Waals surface area contributed by atoms with Gasteiger partial charge in [-0.2, -0.15) is 5.10 Å². The number of benzene rings is 1. The molecule has 0 unspecified atom stereocenters. The second-order valence-electron chi connectivity index (χ2n) is 3.68. The van der Waals surface area contributed by atoms with Crippen molar-refractivity contribution in [1.29, 1.82) is 0 Å². The Morgan fingerprint density at radius 3 is 2.84 bits per heavy atom. The monoisotopic (exact) mass is 294 g/mol. The molecule has 1 aliphatic heterocycles. The molecule has 2 rings (SSSR count). The van der Waals surface area contributed by atoms with Gasteiger partial charge < -0.3 is 0 Å². The predicted molar refractivity (Wildman–Crippen MR) is 80.6 cm³/mol. The highest BCUT2D eigenvalue weighted by atomic mass is 35.5. The van der Waals surface area contributed by atoms with Crippen molar-refractivity contribution in [2.45, 2.75) is 0 Å². The number of thioether (sulfide) groups is 1. The highest BCUT2D eigenvalue weighted by Crippen LogP contribution is 2.21. The fourth-order valence-electron chi connectivity index (χ4n) is 1.56. The summed E-state index contributed by atoms with van der Waals surface area (Å²) >= 11 is 7.27. The molecule has 98 valence electrons. The fraction of sp³-hybridized carbons (Fsp3) is 0.167. The molecule has 0 fully saturated rings. The van der Waals surface area contributed by atoms with Crippen molar-refractivity contribution < 1.29 is 0 Å². The Bertz CT molecular complexity index is 541. The molecule has 5 nitrogen and oxygen atoms in total. The second kappa shape index (κ2) is 6.49. The summed E-state index contributed by atoms with van der Waals surface area (Å²) in [6, 6.07) is 7.46. The van der Waals surface area contributed by atoms with Crippen LogP contribution in [0.2, 0.25) is 5.02 Å². The molecule has 7 heteroatoms. The Hall–Kier alpha value is -1.66. The Morgan fingerprint density at radius 2 is 2.21 bits per heavy atom. The molecule has 0 bridgehead atoms. The molecule has 1 aromatic carbocycles. The highest BCUT2D eigenvalue weighted by molar-refractivity contribution is 8.14. The summed E-state index contributed by atoms with van der Waals surface area (Å²) in [5.74, 6) is 0.629. The highest BCUT2D eigenvalue weighted by Gasteiger charge is 2.20. The van der Waals surface area contributed by atoms with E-state index in [0.717, 1.165) is 11.3 Å². The first-order chi connectivity index (χ1) is 9.24. The number of halogens is 1. The summed E-state index contributed by atoms with van der Waals surface area (Å²) < 4.78 is 0. The van der Waals surface area contributed by atoms with E-state index in [1.165, 1.54) is 11.8 Å². The summed E-state index contributed by atoms with van der Waals surface area (Å²) in [5, 5.41) is 13.3. The molecule has 0 spiro atoms. The van der Waals surface area contributed by atoms with Gasteiger partial charge in [-0.15, -0.1) is 11.5 Å². The van der Waals surface area contributed by atoms with Crippen molar-refractivity contribution in [2.24, 2.45) is 15.5 Å². The van der Waals surface area contributed by atoms with Gasteiger partial charge in [0.2, 0.25) is 5.17 Å². The van der Waals surface area contributed by atoms with Crippen LogP contribution in [-0.2, 0) is 0 Å². The average molecular weight is 295 g/mol. The van der Waals surface area contributed by atoms with Gasteiger partial charge in [-0.25, -0.2) is 5.01 Å². The van der Waals surface area contributed by atoms with Gasteiger partial charge in [-0.05, 0) is 17.7 Å². The molecule has 0 aromatic heterocycles. The molecule has 0 radical (unpaired) electrons. The first kappa shape index (κ1) is 13.8. The maximum atomic E-state index is 10.2. The van der Waals surface area contributed by atoms with Crippen LogP contribution in [0.15, 0.2) is 52.4 Å². The van der Waals surface area contributed by atoms with Crippen molar-refractivity contribution in [3.05, 3.63) is 52.4 Å². The maximum Gasteiger partial charge on any atom is 0.210 e. The van der Waals surface area contributed by atoms with E-state index in [9.17, 15) is 4.91 Å². The van der Waals surface area contributed by atoms with Crippen LogP contribution in [0, 0.1) is 4.91 Å². The van der Waals surface area contributed by atoms with Crippen LogP contribution in [0.1, 0.15) is 5.56 Å². The zero-order valence-corrected chi connectivity index (χ0v) is 11.6. The number of hydrazone groups is 1. The van der Waals surface area contributed by atoms with Gasteiger partial charge in [0.05, 0.1) is 17.5 Å². The molecule has 0 aliphatic carbocycles. The summed E-state index contributed by atoms with van der Waals surface area (Å²) in [5.41, 5.74) is 1.89. The van der Waals surface area contributed by atoms with E-state index in [1.807, 2.05) is 24.3 Å². The molecule has 0 saturated heterocycles. The predicted octanol–water partition coefficient (Wildman–Crippen LogP) is 3.32. The zero-order valence-electron chi connectivity index (χ0n) is 9.99. The van der Waals surface area contributed by atoms with Crippen molar-refractivity contribution in [3.8, 4) is 0 Å². The van der Waals surface area contributed by atoms with Crippen LogP contribution in [0.3, 0.4) is 0 Å². The first-order valence-electron chi connectivity index (χ1n) is 5.49. The standard InChI is InChI=1S/C12H11ClN4OS/c1-2-7-17-12(14-16-18)19-8-11(15-17)9-3-5-10(13)6-4-9/h2-6H,1,7-8H2/b14-12+. The summed E-state index contributed by atoms with van der Waals surface area (Å²) in [7, 11) is 0. The SMILES string of the molecule is C=CCN1N=C(c2ccc(Cl)cc2)CS/C1=N/N=O. The molecular weight excluding hydrogens is 284 g/mol. The third kappa shape index (κ3) is 3.42. The second-order valence-corrected chi connectivity index (χ2v) is 5.06. The van der Waals surface area contributed by atoms with Gasteiger partial charge in [-0.1, -0.05) is 46.7 Å². The lowest BCUT2D eigenvalue weighted by Crippen LogP contribution is -2.31. The molecular formula is C12H11ClN4OS. The van der Waals surface area contributed by atoms with Gasteiger partial charge >= 0.3 is 0 Å². The van der Waals surface area contributed by atoms with Crippen molar-refractivity contribution in [2.75, 3.05) is 12.3 Å². The fourth-order valence-corrected chi connectivity index (χ4v) is 2.54. The molecule has 0 amide bonds. The van der Waals surface area contributed by atoms with Crippen LogP contribution in [0.25, 0.3) is 0 Å². The molecule has 1 heterocycles. The van der Waals surface area contributed by atoms with E-state index in [2.05, 4.69) is 22.1 Å². The number of hydrogen-bond donors (Lipinski definition) is 0. The van der Waals surface area contributed by atoms with Crippen molar-refractivity contribution >= 4 is 34.2 Å². The molecule has 19 heavy (non-hydrogen) atoms. The van der Waals surface area contributed by atoms with Gasteiger partial charge in [0.1, 0.15) is 0 Å². The summed E-state index contributed by atoms with van der Waals surface area (Å²) in [6.45, 7) is 4.13. The number of amidine groups is 1. The zero-order chi connectivity index (χ0) is 13.7. The van der Waals surface area contributed by atoms with Crippen LogP contribution < -0.4 is 0 Å². The quantitative estimate of drug-likeness (QED) is 0.486. The lowest BCUT2D eigenvalue weighted by molar-refractivity contribution is 0.501. The minimum Gasteiger partial charge on any atom is -0.237 e. The van der Waals surface area contributed by atoms with Gasteiger partial charge in [0, 0.05) is 10.8 Å². The van der Waals surface area contributed by atoms with Crippen LogP contribution in [-0.4, -0.2) is 28.2 Å². The molecule has 0 N–H and O–H groups in total. The van der Waals surface area contributed by atoms with E-state index in [0.29, 0.717) is 22.5 Å². The Labute approximate surface area is 120 Å². The molecule has 1 aromatic rings. The normalized spacial score (nSPS) is 17.2. The molecule has 0 atom stereocenters. The number of hydrogen-bond acceptors (Lipinski definition) is 4. The molecule has 1 aliphatic rings. The van der Waals surface area contributed by atoms with Crippen molar-refractivity contribution in [1.82, 2.24) is 5.01 Å². The third-order valence-corrected chi connectivity index (χ3v) is 3.63. The number of nitrogens with zero attached hydrogens (tertiary/aromatic N) is 4. The smallest absolute Gasteiger partial charge is 0.210 e. The topological polar surface area (TPSA) is 57.4 Å². The van der Waals surface area contributed by atoms with Crippen LogP contribution in [0.5, 0.6) is 0 Å². The molecule has 0 saturated carbocycles. The van der Waals surface area contributed by atoms with Gasteiger partial charge in [0.25, 0.3) is 0 Å². The summed E-state index contributed by atoms with van der Waals surface area (Å²) in [4.78, 5) is 10.2. The van der Waals surface area contributed by atoms with Gasteiger partial charge in [-0.3, -0.25) is 0 Å². The minimum absolute atomic E-state index is 0.471. The number of rotatable bonds is 4. The van der Waals surface area contributed by atoms with E-state index >= 15 is 0 Å². The van der Waals surface area contributed by atoms with E-state index < -0.39 is 0 Å². The maximum absolute atomic E-state index is 10.2.